The van der Waals surface area contributed by atoms with E-state index in [-0.39, 0.29) is 16.7 Å². The fraction of sp³-hybridized carbons (Fsp3) is 0.308. The average Bonchev–Trinajstić information content (AvgIpc) is 2.91. The first-order valence-electron chi connectivity index (χ1n) is 6.02. The van der Waals surface area contributed by atoms with Crippen molar-refractivity contribution in [1.82, 2.24) is 4.98 Å². The molecule has 0 amide bonds. The predicted octanol–water partition coefficient (Wildman–Crippen LogP) is 3.92. The molecule has 1 N–H and O–H groups in total. The summed E-state index contributed by atoms with van der Waals surface area (Å²) in [6.45, 7) is 3.95. The third-order valence-electron chi connectivity index (χ3n) is 2.91. The molecule has 0 spiro atoms. The number of hydrogen-bond acceptors (Lipinski definition) is 5. The molecule has 1 aromatic heterocycles. The van der Waals surface area contributed by atoms with Gasteiger partial charge in [0.15, 0.2) is 0 Å². The predicted molar refractivity (Wildman–Crippen MR) is 76.6 cm³/mol. The topological polar surface area (TPSA) is 68.1 Å². The van der Waals surface area contributed by atoms with Gasteiger partial charge < -0.3 is 5.32 Å². The summed E-state index contributed by atoms with van der Waals surface area (Å²) in [4.78, 5) is 14.6. The van der Waals surface area contributed by atoms with Crippen LogP contribution in [0.1, 0.15) is 30.0 Å². The number of nitro groups is 1. The van der Waals surface area contributed by atoms with E-state index in [0.717, 1.165) is 22.7 Å². The Balaban J connectivity index is 2.21. The maximum Gasteiger partial charge on any atom is 0.269 e. The van der Waals surface area contributed by atoms with Crippen LogP contribution in [0.5, 0.6) is 0 Å². The van der Waals surface area contributed by atoms with Gasteiger partial charge in [0.05, 0.1) is 11.0 Å². The van der Waals surface area contributed by atoms with E-state index in [9.17, 15) is 10.1 Å². The van der Waals surface area contributed by atoms with E-state index < -0.39 is 0 Å². The molecular weight excluding hydrogens is 262 g/mol. The van der Waals surface area contributed by atoms with E-state index in [1.165, 1.54) is 6.07 Å². The van der Waals surface area contributed by atoms with Crippen LogP contribution >= 0.6 is 11.3 Å². The molecule has 0 saturated carbocycles. The highest BCUT2D eigenvalue weighted by Gasteiger charge is 2.14. The molecule has 0 bridgehead atoms. The van der Waals surface area contributed by atoms with Crippen LogP contribution < -0.4 is 5.32 Å². The van der Waals surface area contributed by atoms with Gasteiger partial charge in [0.2, 0.25) is 0 Å². The molecule has 2 rings (SSSR count). The van der Waals surface area contributed by atoms with Crippen molar-refractivity contribution in [2.75, 3.05) is 5.32 Å². The summed E-state index contributed by atoms with van der Waals surface area (Å²) in [5.74, 6) is 0. The van der Waals surface area contributed by atoms with Crippen LogP contribution in [0.4, 0.5) is 11.4 Å². The largest absolute Gasteiger partial charge is 0.376 e. The monoisotopic (exact) mass is 277 g/mol. The van der Waals surface area contributed by atoms with E-state index in [1.54, 1.807) is 29.7 Å². The Bertz CT molecular complexity index is 569. The number of aromatic nitrogens is 1. The van der Waals surface area contributed by atoms with Crippen molar-refractivity contribution in [3.05, 3.63) is 50.5 Å². The lowest BCUT2D eigenvalue weighted by Crippen LogP contribution is -2.10. The molecule has 0 fully saturated rings. The molecule has 1 unspecified atom stereocenters. The van der Waals surface area contributed by atoms with Crippen LogP contribution in [0.15, 0.2) is 29.8 Å². The van der Waals surface area contributed by atoms with E-state index >= 15 is 0 Å². The smallest absolute Gasteiger partial charge is 0.269 e. The van der Waals surface area contributed by atoms with Gasteiger partial charge in [-0.15, -0.1) is 11.3 Å². The first-order valence-corrected chi connectivity index (χ1v) is 6.90. The van der Waals surface area contributed by atoms with Crippen molar-refractivity contribution in [3.63, 3.8) is 0 Å². The van der Waals surface area contributed by atoms with Gasteiger partial charge in [-0.25, -0.2) is 4.98 Å². The van der Waals surface area contributed by atoms with Crippen LogP contribution in [0, 0.1) is 17.0 Å². The minimum absolute atomic E-state index is 0.116. The number of nitrogens with one attached hydrogen (secondary N) is 1. The van der Waals surface area contributed by atoms with Gasteiger partial charge in [-0.1, -0.05) is 6.92 Å². The number of thiazole rings is 1. The molecular formula is C13H15N3O2S. The van der Waals surface area contributed by atoms with E-state index in [4.69, 9.17) is 0 Å². The molecule has 5 nitrogen and oxygen atoms in total. The zero-order valence-corrected chi connectivity index (χ0v) is 11.6. The number of anilines is 1. The lowest BCUT2D eigenvalue weighted by atomic mass is 10.1. The number of aryl methyl sites for hydroxylation is 1. The summed E-state index contributed by atoms with van der Waals surface area (Å²) < 4.78 is 0. The molecule has 1 atom stereocenters. The molecule has 0 saturated heterocycles. The van der Waals surface area contributed by atoms with Crippen LogP contribution in [0.3, 0.4) is 0 Å². The lowest BCUT2D eigenvalue weighted by molar-refractivity contribution is -0.384. The Hall–Kier alpha value is -1.95. The normalized spacial score (nSPS) is 12.1. The van der Waals surface area contributed by atoms with Crippen LogP contribution in [0.25, 0.3) is 0 Å². The van der Waals surface area contributed by atoms with Gasteiger partial charge in [-0.2, -0.15) is 0 Å². The van der Waals surface area contributed by atoms with Crippen LogP contribution in [0.2, 0.25) is 0 Å². The lowest BCUT2D eigenvalue weighted by Gasteiger charge is -2.17. The van der Waals surface area contributed by atoms with Crippen molar-refractivity contribution in [3.8, 4) is 0 Å². The second-order valence-electron chi connectivity index (χ2n) is 4.23. The molecule has 6 heteroatoms. The molecule has 0 aliphatic rings. The zero-order valence-electron chi connectivity index (χ0n) is 10.8. The number of nitrogens with zero attached hydrogens (tertiary/aromatic N) is 2. The molecule has 100 valence electrons. The Labute approximate surface area is 115 Å². The molecule has 1 heterocycles. The summed E-state index contributed by atoms with van der Waals surface area (Å²) in [5, 5.41) is 17.1. The third kappa shape index (κ3) is 3.08. The molecule has 1 aromatic carbocycles. The van der Waals surface area contributed by atoms with Crippen molar-refractivity contribution < 1.29 is 4.92 Å². The number of non-ortho nitro benzene ring substituents is 1. The first kappa shape index (κ1) is 13.5. The quantitative estimate of drug-likeness (QED) is 0.664. The summed E-state index contributed by atoms with van der Waals surface area (Å²) >= 11 is 1.61. The van der Waals surface area contributed by atoms with Crippen LogP contribution in [-0.2, 0) is 0 Å². The molecule has 2 aromatic rings. The minimum atomic E-state index is -0.380. The Morgan fingerprint density at radius 3 is 2.84 bits per heavy atom. The fourth-order valence-electron chi connectivity index (χ4n) is 1.86. The van der Waals surface area contributed by atoms with E-state index in [1.807, 2.05) is 12.3 Å². The summed E-state index contributed by atoms with van der Waals surface area (Å²) in [6.07, 6.45) is 2.69. The fourth-order valence-corrected chi connectivity index (χ4v) is 2.63. The Morgan fingerprint density at radius 2 is 2.32 bits per heavy atom. The van der Waals surface area contributed by atoms with Crippen LogP contribution in [-0.4, -0.2) is 9.91 Å². The highest BCUT2D eigenvalue weighted by atomic mass is 32.1. The van der Waals surface area contributed by atoms with Gasteiger partial charge in [-0.05, 0) is 25.0 Å². The van der Waals surface area contributed by atoms with Gasteiger partial charge in [-0.3, -0.25) is 10.1 Å². The van der Waals surface area contributed by atoms with E-state index in [0.29, 0.717) is 0 Å². The van der Waals surface area contributed by atoms with Gasteiger partial charge in [0.25, 0.3) is 5.69 Å². The maximum atomic E-state index is 10.7. The van der Waals surface area contributed by atoms with Gasteiger partial charge in [0.1, 0.15) is 5.01 Å². The number of nitro benzene ring substituents is 1. The van der Waals surface area contributed by atoms with Crippen molar-refractivity contribution in [2.45, 2.75) is 26.3 Å². The molecule has 19 heavy (non-hydrogen) atoms. The summed E-state index contributed by atoms with van der Waals surface area (Å²) in [6, 6.07) is 4.99. The maximum absolute atomic E-state index is 10.7. The minimum Gasteiger partial charge on any atom is -0.376 e. The Morgan fingerprint density at radius 1 is 1.53 bits per heavy atom. The highest BCUT2D eigenvalue weighted by molar-refractivity contribution is 7.09. The number of rotatable bonds is 5. The molecule has 0 aliphatic heterocycles. The van der Waals surface area contributed by atoms with Crippen molar-refractivity contribution >= 4 is 22.7 Å². The number of benzene rings is 1. The SMILES string of the molecule is CCC(Nc1ccc([N+](=O)[O-])cc1C)c1nccs1. The second-order valence-corrected chi connectivity index (χ2v) is 5.16. The Kier molecular flexibility index (Phi) is 4.11. The summed E-state index contributed by atoms with van der Waals surface area (Å²) in [5.41, 5.74) is 1.89. The second kappa shape index (κ2) is 5.79. The molecule has 0 radical (unpaired) electrons. The van der Waals surface area contributed by atoms with Gasteiger partial charge >= 0.3 is 0 Å². The number of hydrogen-bond donors (Lipinski definition) is 1. The first-order chi connectivity index (χ1) is 9.11. The zero-order chi connectivity index (χ0) is 13.8. The highest BCUT2D eigenvalue weighted by Crippen LogP contribution is 2.28. The third-order valence-corrected chi connectivity index (χ3v) is 3.80. The van der Waals surface area contributed by atoms with E-state index in [2.05, 4.69) is 17.2 Å². The average molecular weight is 277 g/mol. The van der Waals surface area contributed by atoms with Crippen molar-refractivity contribution in [1.29, 1.82) is 0 Å². The van der Waals surface area contributed by atoms with Gasteiger partial charge in [0, 0.05) is 29.4 Å². The molecule has 0 aliphatic carbocycles. The van der Waals surface area contributed by atoms with Crippen molar-refractivity contribution in [2.24, 2.45) is 0 Å². The summed E-state index contributed by atoms with van der Waals surface area (Å²) in [7, 11) is 0. The standard InChI is InChI=1S/C13H15N3O2S/c1-3-11(13-14-6-7-19-13)15-12-5-4-10(16(17)18)8-9(12)2/h4-8,11,15H,3H2,1-2H3.